The van der Waals surface area contributed by atoms with Crippen molar-refractivity contribution in [2.45, 2.75) is 31.7 Å². The molecule has 2 bridgehead atoms. The SMILES string of the molecule is Cc1cnc(N2CC3CC2(C(F)F)C3)nc1. The molecule has 0 spiro atoms. The number of anilines is 1. The van der Waals surface area contributed by atoms with Crippen LogP contribution in [-0.4, -0.2) is 28.5 Å². The molecule has 1 aliphatic carbocycles. The zero-order valence-corrected chi connectivity index (χ0v) is 9.03. The first-order valence-electron chi connectivity index (χ1n) is 5.46. The Morgan fingerprint density at radius 3 is 2.56 bits per heavy atom. The molecule has 2 saturated heterocycles. The zero-order valence-electron chi connectivity index (χ0n) is 9.03. The molecule has 0 N–H and O–H groups in total. The van der Waals surface area contributed by atoms with Crippen LogP contribution in [0.4, 0.5) is 14.7 Å². The van der Waals surface area contributed by atoms with Crippen molar-refractivity contribution in [2.24, 2.45) is 5.92 Å². The molecular weight excluding hydrogens is 212 g/mol. The lowest BCUT2D eigenvalue weighted by Gasteiger charge is -2.41. The van der Waals surface area contributed by atoms with Crippen molar-refractivity contribution in [3.8, 4) is 0 Å². The van der Waals surface area contributed by atoms with E-state index >= 15 is 0 Å². The Balaban J connectivity index is 1.93. The topological polar surface area (TPSA) is 29.0 Å². The van der Waals surface area contributed by atoms with Gasteiger partial charge in [-0.2, -0.15) is 0 Å². The van der Waals surface area contributed by atoms with Crippen molar-refractivity contribution in [3.05, 3.63) is 18.0 Å². The van der Waals surface area contributed by atoms with Crippen LogP contribution in [0, 0.1) is 12.8 Å². The summed E-state index contributed by atoms with van der Waals surface area (Å²) < 4.78 is 26.2. The zero-order chi connectivity index (χ0) is 11.3. The van der Waals surface area contributed by atoms with Gasteiger partial charge in [-0.1, -0.05) is 0 Å². The second-order valence-electron chi connectivity index (χ2n) is 4.85. The van der Waals surface area contributed by atoms with E-state index in [1.54, 1.807) is 17.3 Å². The van der Waals surface area contributed by atoms with Crippen LogP contribution in [0.5, 0.6) is 0 Å². The number of hydrogen-bond donors (Lipinski definition) is 0. The molecule has 3 nitrogen and oxygen atoms in total. The predicted octanol–water partition coefficient (Wildman–Crippen LogP) is 2.02. The third kappa shape index (κ3) is 1.17. The summed E-state index contributed by atoms with van der Waals surface area (Å²) in [5.41, 5.74) is -0.0266. The summed E-state index contributed by atoms with van der Waals surface area (Å²) in [5.74, 6) is 0.852. The average Bonchev–Trinajstić information content (AvgIpc) is 2.73. The molecule has 86 valence electrons. The Bertz CT molecular complexity index is 398. The van der Waals surface area contributed by atoms with E-state index in [1.807, 2.05) is 6.92 Å². The van der Waals surface area contributed by atoms with Crippen LogP contribution >= 0.6 is 0 Å². The highest BCUT2D eigenvalue weighted by Crippen LogP contribution is 2.54. The van der Waals surface area contributed by atoms with E-state index in [4.69, 9.17) is 0 Å². The van der Waals surface area contributed by atoms with Crippen molar-refractivity contribution >= 4 is 5.95 Å². The minimum absolute atomic E-state index is 0.402. The van der Waals surface area contributed by atoms with E-state index < -0.39 is 12.0 Å². The number of rotatable bonds is 2. The van der Waals surface area contributed by atoms with Crippen LogP contribution in [0.1, 0.15) is 18.4 Å². The summed E-state index contributed by atoms with van der Waals surface area (Å²) >= 11 is 0. The van der Waals surface area contributed by atoms with E-state index in [2.05, 4.69) is 9.97 Å². The molecule has 4 rings (SSSR count). The molecule has 1 saturated carbocycles. The highest BCUT2D eigenvalue weighted by molar-refractivity contribution is 5.43. The summed E-state index contributed by atoms with van der Waals surface area (Å²) in [5, 5.41) is 0. The Morgan fingerprint density at radius 2 is 2.00 bits per heavy atom. The number of fused-ring (bicyclic) bond motifs is 1. The highest BCUT2D eigenvalue weighted by Gasteiger charge is 2.62. The quantitative estimate of drug-likeness (QED) is 0.771. The van der Waals surface area contributed by atoms with Crippen LogP contribution < -0.4 is 4.90 Å². The van der Waals surface area contributed by atoms with E-state index in [9.17, 15) is 8.78 Å². The number of aryl methyl sites for hydroxylation is 1. The van der Waals surface area contributed by atoms with Gasteiger partial charge < -0.3 is 4.90 Å². The lowest BCUT2D eigenvalue weighted by molar-refractivity contribution is 0.0124. The fraction of sp³-hybridized carbons (Fsp3) is 0.636. The molecule has 1 aromatic heterocycles. The fourth-order valence-corrected chi connectivity index (χ4v) is 2.83. The highest BCUT2D eigenvalue weighted by atomic mass is 19.3. The van der Waals surface area contributed by atoms with Crippen molar-refractivity contribution < 1.29 is 8.78 Å². The van der Waals surface area contributed by atoms with E-state index in [0.717, 1.165) is 5.56 Å². The third-order valence-electron chi connectivity index (χ3n) is 3.68. The van der Waals surface area contributed by atoms with Gasteiger partial charge in [-0.15, -0.1) is 0 Å². The first kappa shape index (κ1) is 9.93. The van der Waals surface area contributed by atoms with Gasteiger partial charge in [-0.25, -0.2) is 18.7 Å². The molecular formula is C11H13F2N3. The van der Waals surface area contributed by atoms with Crippen LogP contribution in [0.15, 0.2) is 12.4 Å². The van der Waals surface area contributed by atoms with E-state index in [1.165, 1.54) is 0 Å². The first-order valence-corrected chi connectivity index (χ1v) is 5.46. The van der Waals surface area contributed by atoms with Gasteiger partial charge in [0.05, 0.1) is 0 Å². The normalized spacial score (nSPS) is 32.0. The molecule has 3 aliphatic rings. The first-order chi connectivity index (χ1) is 7.62. The fourth-order valence-electron chi connectivity index (χ4n) is 2.83. The maximum atomic E-state index is 13.1. The monoisotopic (exact) mass is 225 g/mol. The summed E-state index contributed by atoms with van der Waals surface area (Å²) in [4.78, 5) is 9.99. The van der Waals surface area contributed by atoms with Gasteiger partial charge >= 0.3 is 0 Å². The molecule has 0 unspecified atom stereocenters. The Kier molecular flexibility index (Phi) is 1.94. The minimum atomic E-state index is -2.31. The summed E-state index contributed by atoms with van der Waals surface area (Å²) in [6, 6.07) is 0. The van der Waals surface area contributed by atoms with Gasteiger partial charge in [-0.05, 0) is 31.2 Å². The van der Waals surface area contributed by atoms with Gasteiger partial charge in [0.1, 0.15) is 5.54 Å². The minimum Gasteiger partial charge on any atom is -0.329 e. The summed E-state index contributed by atoms with van der Waals surface area (Å²) in [7, 11) is 0. The molecule has 2 aliphatic heterocycles. The Labute approximate surface area is 92.5 Å². The standard InChI is InChI=1S/C11H13F2N3/c1-7-4-14-10(15-5-7)16-6-8-2-11(16,3-8)9(12)13/h4-5,8-9H,2-3,6H2,1H3. The number of nitrogens with zero attached hydrogens (tertiary/aromatic N) is 3. The van der Waals surface area contributed by atoms with E-state index in [0.29, 0.717) is 31.3 Å². The predicted molar refractivity (Wildman–Crippen MR) is 55.6 cm³/mol. The molecule has 16 heavy (non-hydrogen) atoms. The van der Waals surface area contributed by atoms with Crippen LogP contribution in [0.2, 0.25) is 0 Å². The van der Waals surface area contributed by atoms with Crippen LogP contribution in [-0.2, 0) is 0 Å². The molecule has 0 radical (unpaired) electrons. The van der Waals surface area contributed by atoms with Gasteiger partial charge in [0, 0.05) is 18.9 Å². The van der Waals surface area contributed by atoms with Crippen molar-refractivity contribution in [3.63, 3.8) is 0 Å². The van der Waals surface area contributed by atoms with Crippen molar-refractivity contribution in [1.29, 1.82) is 0 Å². The van der Waals surface area contributed by atoms with Gasteiger partial charge in [-0.3, -0.25) is 0 Å². The second kappa shape index (κ2) is 3.12. The lowest BCUT2D eigenvalue weighted by atomic mass is 9.73. The van der Waals surface area contributed by atoms with Gasteiger partial charge in [0.2, 0.25) is 5.95 Å². The van der Waals surface area contributed by atoms with Crippen LogP contribution in [0.25, 0.3) is 0 Å². The molecule has 3 fully saturated rings. The van der Waals surface area contributed by atoms with Crippen molar-refractivity contribution in [1.82, 2.24) is 9.97 Å². The maximum Gasteiger partial charge on any atom is 0.261 e. The second-order valence-corrected chi connectivity index (χ2v) is 4.85. The molecule has 0 aromatic carbocycles. The van der Waals surface area contributed by atoms with Crippen LogP contribution in [0.3, 0.4) is 0 Å². The molecule has 0 amide bonds. The molecule has 1 aromatic rings. The number of hydrogen-bond acceptors (Lipinski definition) is 3. The lowest BCUT2D eigenvalue weighted by Crippen LogP contribution is -2.52. The molecule has 5 heteroatoms. The number of aromatic nitrogens is 2. The van der Waals surface area contributed by atoms with E-state index in [-0.39, 0.29) is 0 Å². The number of alkyl halides is 2. The third-order valence-corrected chi connectivity index (χ3v) is 3.68. The molecule has 3 heterocycles. The summed E-state index contributed by atoms with van der Waals surface area (Å²) in [6.07, 6.45) is 2.22. The summed E-state index contributed by atoms with van der Waals surface area (Å²) in [6.45, 7) is 2.56. The van der Waals surface area contributed by atoms with Gasteiger partial charge in [0.25, 0.3) is 6.43 Å². The van der Waals surface area contributed by atoms with Crippen molar-refractivity contribution in [2.75, 3.05) is 11.4 Å². The Hall–Kier alpha value is -1.26. The Morgan fingerprint density at radius 1 is 1.38 bits per heavy atom. The smallest absolute Gasteiger partial charge is 0.261 e. The average molecular weight is 225 g/mol. The van der Waals surface area contributed by atoms with Gasteiger partial charge in [0.15, 0.2) is 0 Å². The largest absolute Gasteiger partial charge is 0.329 e. The maximum absolute atomic E-state index is 13.1. The molecule has 0 atom stereocenters. The number of halogens is 2.